The average molecular weight is 591 g/mol. The number of hydrogen-bond acceptors (Lipinski definition) is 7. The van der Waals surface area contributed by atoms with Crippen LogP contribution in [0.15, 0.2) is 51.9 Å². The van der Waals surface area contributed by atoms with E-state index in [0.717, 1.165) is 12.8 Å². The van der Waals surface area contributed by atoms with Crippen molar-refractivity contribution in [2.45, 2.75) is 67.5 Å². The number of aromatic nitrogens is 1. The van der Waals surface area contributed by atoms with Crippen LogP contribution < -0.4 is 0 Å². The Morgan fingerprint density at radius 3 is 2.26 bits per heavy atom. The van der Waals surface area contributed by atoms with Gasteiger partial charge in [0.2, 0.25) is 10.0 Å². The van der Waals surface area contributed by atoms with Gasteiger partial charge < -0.3 is 14.4 Å². The lowest BCUT2D eigenvalue weighted by molar-refractivity contribution is 0.00824. The van der Waals surface area contributed by atoms with Gasteiger partial charge in [0.1, 0.15) is 17.4 Å². The normalized spacial score (nSPS) is 23.1. The van der Waals surface area contributed by atoms with Crippen LogP contribution in [0.3, 0.4) is 0 Å². The molecule has 3 heterocycles. The van der Waals surface area contributed by atoms with E-state index in [1.807, 2.05) is 0 Å². The van der Waals surface area contributed by atoms with Crippen molar-refractivity contribution in [3.63, 3.8) is 0 Å². The lowest BCUT2D eigenvalue weighted by Crippen LogP contribution is -2.48. The first-order valence-electron chi connectivity index (χ1n) is 12.7. The molecule has 1 aliphatic carbocycles. The molecule has 3 fully saturated rings. The molecule has 2 saturated heterocycles. The summed E-state index contributed by atoms with van der Waals surface area (Å²) in [5, 5.41) is 14.1. The van der Waals surface area contributed by atoms with Crippen LogP contribution >= 0.6 is 23.2 Å². The highest BCUT2D eigenvalue weighted by Gasteiger charge is 2.49. The zero-order chi connectivity index (χ0) is 27.5. The molecule has 1 saturated carbocycles. The van der Waals surface area contributed by atoms with E-state index in [1.165, 1.54) is 28.6 Å². The molecular formula is C27H24Cl2N2O7S. The average Bonchev–Trinajstić information content (AvgIpc) is 3.58. The van der Waals surface area contributed by atoms with Gasteiger partial charge in [-0.2, -0.15) is 4.31 Å². The van der Waals surface area contributed by atoms with E-state index in [-0.39, 0.29) is 39.7 Å². The van der Waals surface area contributed by atoms with E-state index in [9.17, 15) is 23.1 Å². The molecule has 1 N–H and O–H groups in total. The lowest BCUT2D eigenvalue weighted by atomic mass is 10.0. The van der Waals surface area contributed by atoms with Crippen molar-refractivity contribution in [3.8, 4) is 11.3 Å². The van der Waals surface area contributed by atoms with Crippen LogP contribution in [0.2, 0.25) is 10.0 Å². The number of aromatic carboxylic acids is 1. The van der Waals surface area contributed by atoms with Crippen molar-refractivity contribution >= 4 is 45.2 Å². The number of carboxylic acid groups (broad SMARTS) is 1. The van der Waals surface area contributed by atoms with Crippen LogP contribution in [0.4, 0.5) is 0 Å². The van der Waals surface area contributed by atoms with Crippen LogP contribution in [0.5, 0.6) is 0 Å². The first-order chi connectivity index (χ1) is 18.6. The van der Waals surface area contributed by atoms with E-state index in [1.54, 1.807) is 18.2 Å². The maximum absolute atomic E-state index is 13.6. The van der Waals surface area contributed by atoms with Crippen LogP contribution in [-0.2, 0) is 14.8 Å². The fraction of sp³-hybridized carbons (Fsp3) is 0.370. The SMILES string of the molecule is O=C(O)c1cccc(S(=O)(=O)N2C3CCC2CC(OC(=O)c2c(-c4c(Cl)cccc4Cl)noc2C2CC2)C3)c1. The van der Waals surface area contributed by atoms with Crippen molar-refractivity contribution in [2.24, 2.45) is 0 Å². The number of fused-ring (bicyclic) bond motifs is 2. The summed E-state index contributed by atoms with van der Waals surface area (Å²) in [5.41, 5.74) is 0.744. The molecule has 0 spiro atoms. The predicted octanol–water partition coefficient (Wildman–Crippen LogP) is 5.77. The van der Waals surface area contributed by atoms with Crippen molar-refractivity contribution in [1.82, 2.24) is 9.46 Å². The molecule has 2 unspecified atom stereocenters. The molecule has 2 atom stereocenters. The Morgan fingerprint density at radius 2 is 1.64 bits per heavy atom. The van der Waals surface area contributed by atoms with Crippen molar-refractivity contribution < 1.29 is 32.4 Å². The quantitative estimate of drug-likeness (QED) is 0.344. The Balaban J connectivity index is 1.25. The number of sulfonamides is 1. The molecule has 204 valence electrons. The minimum Gasteiger partial charge on any atom is -0.478 e. The van der Waals surface area contributed by atoms with Gasteiger partial charge in [0.05, 0.1) is 20.5 Å². The number of ether oxygens (including phenoxy) is 1. The molecule has 39 heavy (non-hydrogen) atoms. The fourth-order valence-corrected chi connectivity index (χ4v) is 8.23. The third kappa shape index (κ3) is 4.73. The maximum Gasteiger partial charge on any atom is 0.344 e. The second-order valence-corrected chi connectivity index (χ2v) is 12.9. The summed E-state index contributed by atoms with van der Waals surface area (Å²) < 4.78 is 40.0. The number of nitrogens with zero attached hydrogens (tertiary/aromatic N) is 2. The number of esters is 1. The lowest BCUT2D eigenvalue weighted by Gasteiger charge is -2.37. The zero-order valence-corrected chi connectivity index (χ0v) is 22.9. The molecule has 1 aromatic heterocycles. The van der Waals surface area contributed by atoms with E-state index < -0.39 is 28.1 Å². The smallest absolute Gasteiger partial charge is 0.344 e. The van der Waals surface area contributed by atoms with Gasteiger partial charge in [-0.05, 0) is 56.0 Å². The molecule has 9 nitrogen and oxygen atoms in total. The zero-order valence-electron chi connectivity index (χ0n) is 20.5. The van der Waals surface area contributed by atoms with Gasteiger partial charge in [0.15, 0.2) is 5.76 Å². The molecule has 0 amide bonds. The van der Waals surface area contributed by atoms with Crippen molar-refractivity contribution in [3.05, 3.63) is 69.4 Å². The van der Waals surface area contributed by atoms with E-state index in [4.69, 9.17) is 32.5 Å². The number of rotatable bonds is 7. The first-order valence-corrected chi connectivity index (χ1v) is 14.9. The Morgan fingerprint density at radius 1 is 1.00 bits per heavy atom. The topological polar surface area (TPSA) is 127 Å². The molecule has 3 aliphatic rings. The van der Waals surface area contributed by atoms with Crippen LogP contribution in [0, 0.1) is 0 Å². The molecule has 2 bridgehead atoms. The highest BCUT2D eigenvalue weighted by atomic mass is 35.5. The number of halogens is 2. The molecule has 0 radical (unpaired) electrons. The molecule has 3 aromatic rings. The summed E-state index contributed by atoms with van der Waals surface area (Å²) in [4.78, 5) is 24.9. The fourth-order valence-electron chi connectivity index (χ4n) is 5.71. The highest BCUT2D eigenvalue weighted by Crippen LogP contribution is 2.47. The minimum absolute atomic E-state index is 0.0606. The number of carbonyl (C=O) groups excluding carboxylic acids is 1. The molecule has 2 aromatic carbocycles. The molecule has 12 heteroatoms. The third-order valence-corrected chi connectivity index (χ3v) is 10.3. The largest absolute Gasteiger partial charge is 0.478 e. The number of benzene rings is 2. The Kier molecular flexibility index (Phi) is 6.69. The number of hydrogen-bond donors (Lipinski definition) is 1. The maximum atomic E-state index is 13.6. The summed E-state index contributed by atoms with van der Waals surface area (Å²) in [5.74, 6) is -1.27. The number of carboxylic acids is 1. The van der Waals surface area contributed by atoms with E-state index in [0.29, 0.717) is 47.1 Å². The van der Waals surface area contributed by atoms with Gasteiger partial charge in [-0.25, -0.2) is 18.0 Å². The van der Waals surface area contributed by atoms with Gasteiger partial charge in [-0.1, -0.05) is 40.5 Å². The number of carbonyl (C=O) groups is 2. The van der Waals surface area contributed by atoms with E-state index >= 15 is 0 Å². The first kappa shape index (κ1) is 26.3. The Labute approximate surface area is 234 Å². The van der Waals surface area contributed by atoms with Crippen LogP contribution in [0.25, 0.3) is 11.3 Å². The Hall–Kier alpha value is -2.92. The minimum atomic E-state index is -3.94. The predicted molar refractivity (Wildman–Crippen MR) is 142 cm³/mol. The van der Waals surface area contributed by atoms with Gasteiger partial charge in [0, 0.05) is 36.4 Å². The second-order valence-electron chi connectivity index (χ2n) is 10.2. The standard InChI is InChI=1S/C27H24Cl2N2O7S/c28-20-5-2-6-21(29)22(20)24-23(25(38-30-24)14-7-8-14)27(34)37-18-12-16-9-10-17(13-18)31(16)39(35,36)19-4-1-3-15(11-19)26(32)33/h1-6,11,14,16-18H,7-10,12-13H2,(H,32,33). The molecule has 6 rings (SSSR count). The van der Waals surface area contributed by atoms with Crippen LogP contribution in [-0.4, -0.2) is 53.1 Å². The summed E-state index contributed by atoms with van der Waals surface area (Å²) in [6, 6.07) is 9.62. The Bertz CT molecular complexity index is 1550. The van der Waals surface area contributed by atoms with Gasteiger partial charge in [-0.15, -0.1) is 0 Å². The monoisotopic (exact) mass is 590 g/mol. The van der Waals surface area contributed by atoms with Crippen molar-refractivity contribution in [2.75, 3.05) is 0 Å². The summed E-state index contributed by atoms with van der Waals surface area (Å²) in [6.07, 6.45) is 3.13. The van der Waals surface area contributed by atoms with Gasteiger partial charge >= 0.3 is 11.9 Å². The second kappa shape index (κ2) is 9.92. The van der Waals surface area contributed by atoms with Gasteiger partial charge in [-0.3, -0.25) is 0 Å². The third-order valence-electron chi connectivity index (χ3n) is 7.62. The number of piperidine rings is 1. The van der Waals surface area contributed by atoms with Gasteiger partial charge in [0.25, 0.3) is 0 Å². The molecule has 2 aliphatic heterocycles. The van der Waals surface area contributed by atoms with E-state index in [2.05, 4.69) is 5.16 Å². The van der Waals surface area contributed by atoms with Crippen molar-refractivity contribution in [1.29, 1.82) is 0 Å². The summed E-state index contributed by atoms with van der Waals surface area (Å²) >= 11 is 12.8. The molecular weight excluding hydrogens is 567 g/mol. The summed E-state index contributed by atoms with van der Waals surface area (Å²) in [6.45, 7) is 0. The van der Waals surface area contributed by atoms with Crippen LogP contribution in [0.1, 0.15) is 70.9 Å². The highest BCUT2D eigenvalue weighted by molar-refractivity contribution is 7.89. The summed E-state index contributed by atoms with van der Waals surface area (Å²) in [7, 11) is -3.94.